The first-order valence-corrected chi connectivity index (χ1v) is 7.07. The Labute approximate surface area is 111 Å². The Kier molecular flexibility index (Phi) is 4.08. The zero-order chi connectivity index (χ0) is 13.2. The first kappa shape index (κ1) is 13.6. The maximum absolute atomic E-state index is 3.77. The minimum absolute atomic E-state index is 0.0833. The van der Waals surface area contributed by atoms with Crippen LogP contribution in [0.4, 0.5) is 0 Å². The topological polar surface area (TPSA) is 15.3 Å². The van der Waals surface area contributed by atoms with Gasteiger partial charge in [0.05, 0.1) is 5.54 Å². The molecule has 1 heterocycles. The van der Waals surface area contributed by atoms with Crippen LogP contribution in [0.3, 0.4) is 0 Å². The monoisotopic (exact) mass is 246 g/mol. The van der Waals surface area contributed by atoms with Crippen LogP contribution in [0.15, 0.2) is 30.3 Å². The quantitative estimate of drug-likeness (QED) is 0.882. The smallest absolute Gasteiger partial charge is 0.0535 e. The van der Waals surface area contributed by atoms with Crippen molar-refractivity contribution < 1.29 is 0 Å². The van der Waals surface area contributed by atoms with E-state index in [2.05, 4.69) is 68.4 Å². The number of nitrogens with one attached hydrogen (secondary N) is 1. The van der Waals surface area contributed by atoms with Crippen LogP contribution in [-0.2, 0) is 5.54 Å². The van der Waals surface area contributed by atoms with E-state index in [-0.39, 0.29) is 5.54 Å². The molecule has 1 N–H and O–H groups in total. The number of piperazine rings is 1. The summed E-state index contributed by atoms with van der Waals surface area (Å²) >= 11 is 0. The number of nitrogens with zero attached hydrogens (tertiary/aromatic N) is 1. The average molecular weight is 246 g/mol. The Morgan fingerprint density at radius 1 is 1.39 bits per heavy atom. The van der Waals surface area contributed by atoms with Gasteiger partial charge in [0.2, 0.25) is 0 Å². The molecule has 0 saturated carbocycles. The lowest BCUT2D eigenvalue weighted by Crippen LogP contribution is -2.61. The van der Waals surface area contributed by atoms with Crippen molar-refractivity contribution in [2.75, 3.05) is 20.1 Å². The van der Waals surface area contributed by atoms with E-state index >= 15 is 0 Å². The predicted octanol–water partition coefficient (Wildman–Crippen LogP) is 2.85. The summed E-state index contributed by atoms with van der Waals surface area (Å²) in [7, 11) is 2.26. The Bertz CT molecular complexity index is 376. The molecular formula is C16H26N2. The molecule has 100 valence electrons. The van der Waals surface area contributed by atoms with Crippen LogP contribution in [-0.4, -0.2) is 31.1 Å². The average Bonchev–Trinajstić information content (AvgIpc) is 2.39. The maximum Gasteiger partial charge on any atom is 0.0535 e. The Balaban J connectivity index is 2.12. The van der Waals surface area contributed by atoms with Gasteiger partial charge in [0.25, 0.3) is 0 Å². The Morgan fingerprint density at radius 3 is 2.61 bits per heavy atom. The molecule has 0 amide bonds. The van der Waals surface area contributed by atoms with Gasteiger partial charge in [0.1, 0.15) is 0 Å². The molecule has 0 aliphatic carbocycles. The van der Waals surface area contributed by atoms with E-state index in [9.17, 15) is 0 Å². The van der Waals surface area contributed by atoms with Gasteiger partial charge in [-0.2, -0.15) is 0 Å². The van der Waals surface area contributed by atoms with Crippen LogP contribution in [0.5, 0.6) is 0 Å². The van der Waals surface area contributed by atoms with Crippen molar-refractivity contribution in [3.63, 3.8) is 0 Å². The van der Waals surface area contributed by atoms with Gasteiger partial charge in [-0.25, -0.2) is 0 Å². The molecule has 1 aromatic carbocycles. The SMILES string of the molecule is CCC(C)C1CNC(C)(c2ccccc2)CN1C. The second-order valence-electron chi connectivity index (χ2n) is 5.95. The minimum atomic E-state index is 0.0833. The third kappa shape index (κ3) is 2.60. The molecule has 1 aliphatic rings. The minimum Gasteiger partial charge on any atom is -0.305 e. The molecule has 2 nitrogen and oxygen atoms in total. The summed E-state index contributed by atoms with van der Waals surface area (Å²) in [6.45, 7) is 9.10. The zero-order valence-electron chi connectivity index (χ0n) is 12.1. The number of benzene rings is 1. The maximum atomic E-state index is 3.77. The third-order valence-corrected chi connectivity index (χ3v) is 4.54. The highest BCUT2D eigenvalue weighted by atomic mass is 15.2. The van der Waals surface area contributed by atoms with Crippen LogP contribution >= 0.6 is 0 Å². The third-order valence-electron chi connectivity index (χ3n) is 4.54. The van der Waals surface area contributed by atoms with Gasteiger partial charge in [-0.1, -0.05) is 50.6 Å². The number of hydrogen-bond acceptors (Lipinski definition) is 2. The van der Waals surface area contributed by atoms with Crippen LogP contribution in [0, 0.1) is 5.92 Å². The number of likely N-dealkylation sites (N-methyl/N-ethyl adjacent to an activating group) is 1. The van der Waals surface area contributed by atoms with Gasteiger partial charge in [-0.05, 0) is 25.5 Å². The molecule has 1 fully saturated rings. The van der Waals surface area contributed by atoms with E-state index in [4.69, 9.17) is 0 Å². The highest BCUT2D eigenvalue weighted by molar-refractivity contribution is 5.25. The van der Waals surface area contributed by atoms with Gasteiger partial charge >= 0.3 is 0 Å². The summed E-state index contributed by atoms with van der Waals surface area (Å²) in [6.07, 6.45) is 1.25. The summed E-state index contributed by atoms with van der Waals surface area (Å²) in [5.74, 6) is 0.753. The van der Waals surface area contributed by atoms with Crippen molar-refractivity contribution in [2.24, 2.45) is 5.92 Å². The van der Waals surface area contributed by atoms with E-state index in [1.807, 2.05) is 0 Å². The Morgan fingerprint density at radius 2 is 2.06 bits per heavy atom. The molecule has 1 saturated heterocycles. The van der Waals surface area contributed by atoms with Crippen LogP contribution < -0.4 is 5.32 Å². The van der Waals surface area contributed by atoms with Gasteiger partial charge in [0, 0.05) is 19.1 Å². The lowest BCUT2D eigenvalue weighted by Gasteiger charge is -2.47. The molecule has 0 bridgehead atoms. The Hall–Kier alpha value is -0.860. The van der Waals surface area contributed by atoms with Crippen LogP contribution in [0.25, 0.3) is 0 Å². The molecule has 0 radical (unpaired) electrons. The van der Waals surface area contributed by atoms with Crippen molar-refractivity contribution in [2.45, 2.75) is 38.8 Å². The standard InChI is InChI=1S/C16H26N2/c1-5-13(2)15-11-17-16(3,12-18(15)4)14-9-7-6-8-10-14/h6-10,13,15,17H,5,11-12H2,1-4H3. The van der Waals surface area contributed by atoms with E-state index in [1.165, 1.54) is 12.0 Å². The first-order chi connectivity index (χ1) is 8.57. The molecule has 2 rings (SSSR count). The summed E-state index contributed by atoms with van der Waals surface area (Å²) in [4.78, 5) is 2.53. The van der Waals surface area contributed by atoms with Crippen molar-refractivity contribution in [3.05, 3.63) is 35.9 Å². The van der Waals surface area contributed by atoms with Crippen LogP contribution in [0.2, 0.25) is 0 Å². The molecule has 3 unspecified atom stereocenters. The fraction of sp³-hybridized carbons (Fsp3) is 0.625. The van der Waals surface area contributed by atoms with E-state index in [0.717, 1.165) is 19.0 Å². The second-order valence-corrected chi connectivity index (χ2v) is 5.95. The highest BCUT2D eigenvalue weighted by Crippen LogP contribution is 2.28. The van der Waals surface area contributed by atoms with E-state index in [1.54, 1.807) is 0 Å². The van der Waals surface area contributed by atoms with E-state index in [0.29, 0.717) is 6.04 Å². The zero-order valence-corrected chi connectivity index (χ0v) is 12.1. The normalized spacial score (nSPS) is 31.2. The summed E-state index contributed by atoms with van der Waals surface area (Å²) in [6, 6.07) is 11.5. The second kappa shape index (κ2) is 5.41. The lowest BCUT2D eigenvalue weighted by atomic mass is 9.85. The molecule has 1 aromatic rings. The lowest BCUT2D eigenvalue weighted by molar-refractivity contribution is 0.0790. The largest absolute Gasteiger partial charge is 0.305 e. The molecule has 0 aromatic heterocycles. The molecule has 0 spiro atoms. The molecular weight excluding hydrogens is 220 g/mol. The fourth-order valence-corrected chi connectivity index (χ4v) is 3.06. The molecule has 2 heteroatoms. The van der Waals surface area contributed by atoms with Gasteiger partial charge in [-0.15, -0.1) is 0 Å². The van der Waals surface area contributed by atoms with Gasteiger partial charge < -0.3 is 5.32 Å². The van der Waals surface area contributed by atoms with Crippen molar-refractivity contribution in [1.29, 1.82) is 0 Å². The molecule has 3 atom stereocenters. The van der Waals surface area contributed by atoms with Gasteiger partial charge in [0.15, 0.2) is 0 Å². The van der Waals surface area contributed by atoms with Gasteiger partial charge in [-0.3, -0.25) is 4.90 Å². The summed E-state index contributed by atoms with van der Waals surface area (Å²) < 4.78 is 0. The van der Waals surface area contributed by atoms with E-state index < -0.39 is 0 Å². The highest BCUT2D eigenvalue weighted by Gasteiger charge is 2.36. The van der Waals surface area contributed by atoms with Crippen molar-refractivity contribution in [1.82, 2.24) is 10.2 Å². The fourth-order valence-electron chi connectivity index (χ4n) is 3.06. The van der Waals surface area contributed by atoms with Crippen LogP contribution in [0.1, 0.15) is 32.8 Å². The first-order valence-electron chi connectivity index (χ1n) is 7.07. The summed E-state index contributed by atoms with van der Waals surface area (Å²) in [5, 5.41) is 3.77. The molecule has 18 heavy (non-hydrogen) atoms. The number of rotatable bonds is 3. The molecule has 1 aliphatic heterocycles. The predicted molar refractivity (Wildman–Crippen MR) is 77.7 cm³/mol. The van der Waals surface area contributed by atoms with Crippen molar-refractivity contribution >= 4 is 0 Å². The van der Waals surface area contributed by atoms with Crippen molar-refractivity contribution in [3.8, 4) is 0 Å². The number of hydrogen-bond donors (Lipinski definition) is 1. The summed E-state index contributed by atoms with van der Waals surface area (Å²) in [5.41, 5.74) is 1.47.